The molecule has 0 aromatic heterocycles. The summed E-state index contributed by atoms with van der Waals surface area (Å²) in [6, 6.07) is 6.45. The van der Waals surface area contributed by atoms with Gasteiger partial charge in [-0.3, -0.25) is 0 Å². The van der Waals surface area contributed by atoms with Crippen molar-refractivity contribution < 1.29 is 9.50 Å². The SMILES string of the molecule is CC(C)(C)C(CO)c1cccc(F)c1. The molecule has 0 bridgehead atoms. The summed E-state index contributed by atoms with van der Waals surface area (Å²) < 4.78 is 13.0. The minimum Gasteiger partial charge on any atom is -0.396 e. The molecular formula is C12H17FO. The molecule has 1 rings (SSSR count). The van der Waals surface area contributed by atoms with Crippen LogP contribution in [0.4, 0.5) is 4.39 Å². The molecule has 1 aromatic carbocycles. The van der Waals surface area contributed by atoms with Gasteiger partial charge in [-0.2, -0.15) is 0 Å². The zero-order valence-electron chi connectivity index (χ0n) is 8.92. The quantitative estimate of drug-likeness (QED) is 0.771. The van der Waals surface area contributed by atoms with Crippen molar-refractivity contribution in [3.63, 3.8) is 0 Å². The molecule has 1 unspecified atom stereocenters. The first kappa shape index (κ1) is 11.2. The zero-order chi connectivity index (χ0) is 10.8. The number of aliphatic hydroxyl groups excluding tert-OH is 1. The molecule has 0 heterocycles. The summed E-state index contributed by atoms with van der Waals surface area (Å²) in [6.45, 7) is 6.17. The van der Waals surface area contributed by atoms with E-state index in [1.807, 2.05) is 26.8 Å². The van der Waals surface area contributed by atoms with Crippen molar-refractivity contribution in [2.24, 2.45) is 5.41 Å². The molecule has 2 heteroatoms. The van der Waals surface area contributed by atoms with E-state index in [0.29, 0.717) is 0 Å². The van der Waals surface area contributed by atoms with Crippen LogP contribution in [0.25, 0.3) is 0 Å². The first-order valence-corrected chi connectivity index (χ1v) is 4.81. The van der Waals surface area contributed by atoms with Gasteiger partial charge in [-0.15, -0.1) is 0 Å². The largest absolute Gasteiger partial charge is 0.396 e. The Kier molecular flexibility index (Phi) is 3.27. The topological polar surface area (TPSA) is 20.2 Å². The molecule has 0 spiro atoms. The summed E-state index contributed by atoms with van der Waals surface area (Å²) in [5.74, 6) is -0.261. The number of hydrogen-bond donors (Lipinski definition) is 1. The fourth-order valence-electron chi connectivity index (χ4n) is 1.60. The summed E-state index contributed by atoms with van der Waals surface area (Å²) in [6.07, 6.45) is 0. The van der Waals surface area contributed by atoms with Gasteiger partial charge in [-0.25, -0.2) is 4.39 Å². The summed E-state index contributed by atoms with van der Waals surface area (Å²) in [4.78, 5) is 0. The maximum absolute atomic E-state index is 13.0. The Morgan fingerprint density at radius 2 is 2.00 bits per heavy atom. The van der Waals surface area contributed by atoms with Crippen LogP contribution in [-0.4, -0.2) is 11.7 Å². The molecule has 0 saturated heterocycles. The van der Waals surface area contributed by atoms with Gasteiger partial charge in [0, 0.05) is 5.92 Å². The lowest BCUT2D eigenvalue weighted by molar-refractivity contribution is 0.186. The maximum atomic E-state index is 13.0. The normalized spacial score (nSPS) is 14.1. The van der Waals surface area contributed by atoms with Gasteiger partial charge < -0.3 is 5.11 Å². The predicted molar refractivity (Wildman–Crippen MR) is 55.7 cm³/mol. The Labute approximate surface area is 84.6 Å². The molecule has 1 atom stereocenters. The lowest BCUT2D eigenvalue weighted by Gasteiger charge is -2.29. The highest BCUT2D eigenvalue weighted by atomic mass is 19.1. The van der Waals surface area contributed by atoms with Crippen LogP contribution in [0.1, 0.15) is 32.3 Å². The van der Waals surface area contributed by atoms with Crippen LogP contribution in [0, 0.1) is 11.2 Å². The molecule has 0 saturated carbocycles. The summed E-state index contributed by atoms with van der Waals surface area (Å²) in [7, 11) is 0. The molecule has 78 valence electrons. The van der Waals surface area contributed by atoms with E-state index >= 15 is 0 Å². The van der Waals surface area contributed by atoms with Crippen LogP contribution in [0.15, 0.2) is 24.3 Å². The second kappa shape index (κ2) is 4.09. The van der Waals surface area contributed by atoms with Crippen molar-refractivity contribution in [1.29, 1.82) is 0 Å². The second-order valence-electron chi connectivity index (χ2n) is 4.66. The third kappa shape index (κ3) is 2.55. The van der Waals surface area contributed by atoms with Crippen molar-refractivity contribution in [1.82, 2.24) is 0 Å². The number of aliphatic hydroxyl groups is 1. The molecule has 0 fully saturated rings. The smallest absolute Gasteiger partial charge is 0.123 e. The van der Waals surface area contributed by atoms with E-state index in [4.69, 9.17) is 0 Å². The van der Waals surface area contributed by atoms with Crippen LogP contribution in [0.3, 0.4) is 0 Å². The van der Waals surface area contributed by atoms with Crippen LogP contribution < -0.4 is 0 Å². The molecule has 0 radical (unpaired) electrons. The summed E-state index contributed by atoms with van der Waals surface area (Å²) in [5.41, 5.74) is 0.808. The third-order valence-corrected chi connectivity index (χ3v) is 2.48. The van der Waals surface area contributed by atoms with Crippen LogP contribution in [-0.2, 0) is 0 Å². The van der Waals surface area contributed by atoms with Gasteiger partial charge in [0.25, 0.3) is 0 Å². The Hall–Kier alpha value is -0.890. The molecule has 1 nitrogen and oxygen atoms in total. The minimum atomic E-state index is -0.245. The molecule has 0 amide bonds. The summed E-state index contributed by atoms with van der Waals surface area (Å²) in [5, 5.41) is 9.28. The monoisotopic (exact) mass is 196 g/mol. The highest BCUT2D eigenvalue weighted by molar-refractivity contribution is 5.22. The van der Waals surface area contributed by atoms with E-state index in [0.717, 1.165) is 5.56 Å². The van der Waals surface area contributed by atoms with Crippen LogP contribution in [0.5, 0.6) is 0 Å². The molecular weight excluding hydrogens is 179 g/mol. The van der Waals surface area contributed by atoms with Gasteiger partial charge >= 0.3 is 0 Å². The van der Waals surface area contributed by atoms with Gasteiger partial charge in [0.1, 0.15) is 5.82 Å². The highest BCUT2D eigenvalue weighted by Gasteiger charge is 2.25. The zero-order valence-corrected chi connectivity index (χ0v) is 8.92. The molecule has 0 aliphatic carbocycles. The van der Waals surface area contributed by atoms with E-state index in [1.165, 1.54) is 12.1 Å². The Balaban J connectivity index is 3.01. The summed E-state index contributed by atoms with van der Waals surface area (Å²) >= 11 is 0. The van der Waals surface area contributed by atoms with Gasteiger partial charge in [0.15, 0.2) is 0 Å². The average molecular weight is 196 g/mol. The van der Waals surface area contributed by atoms with Gasteiger partial charge in [-0.05, 0) is 23.1 Å². The highest BCUT2D eigenvalue weighted by Crippen LogP contribution is 2.34. The fourth-order valence-corrected chi connectivity index (χ4v) is 1.60. The van der Waals surface area contributed by atoms with E-state index in [9.17, 15) is 9.50 Å². The number of hydrogen-bond acceptors (Lipinski definition) is 1. The maximum Gasteiger partial charge on any atom is 0.123 e. The number of benzene rings is 1. The van der Waals surface area contributed by atoms with Gasteiger partial charge in [0.05, 0.1) is 6.61 Å². The van der Waals surface area contributed by atoms with Crippen molar-refractivity contribution in [2.45, 2.75) is 26.7 Å². The first-order valence-electron chi connectivity index (χ1n) is 4.81. The van der Waals surface area contributed by atoms with Crippen LogP contribution >= 0.6 is 0 Å². The Bertz CT molecular complexity index is 301. The fraction of sp³-hybridized carbons (Fsp3) is 0.500. The van der Waals surface area contributed by atoms with Crippen molar-refractivity contribution in [2.75, 3.05) is 6.61 Å². The second-order valence-corrected chi connectivity index (χ2v) is 4.66. The van der Waals surface area contributed by atoms with Gasteiger partial charge in [0.2, 0.25) is 0 Å². The van der Waals surface area contributed by atoms with E-state index in [1.54, 1.807) is 6.07 Å². The molecule has 0 aliphatic heterocycles. The molecule has 1 aromatic rings. The molecule has 1 N–H and O–H groups in total. The van der Waals surface area contributed by atoms with E-state index < -0.39 is 0 Å². The van der Waals surface area contributed by atoms with Crippen molar-refractivity contribution >= 4 is 0 Å². The molecule has 14 heavy (non-hydrogen) atoms. The number of rotatable bonds is 2. The molecule has 0 aliphatic rings. The number of halogens is 1. The lowest BCUT2D eigenvalue weighted by Crippen LogP contribution is -2.21. The Morgan fingerprint density at radius 1 is 1.36 bits per heavy atom. The van der Waals surface area contributed by atoms with E-state index in [-0.39, 0.29) is 23.8 Å². The Morgan fingerprint density at radius 3 is 2.43 bits per heavy atom. The average Bonchev–Trinajstić information content (AvgIpc) is 2.02. The van der Waals surface area contributed by atoms with Gasteiger partial charge in [-0.1, -0.05) is 32.9 Å². The van der Waals surface area contributed by atoms with Crippen molar-refractivity contribution in [3.8, 4) is 0 Å². The predicted octanol–water partition coefficient (Wildman–Crippen LogP) is 2.95. The van der Waals surface area contributed by atoms with E-state index in [2.05, 4.69) is 0 Å². The minimum absolute atomic E-state index is 0.0156. The van der Waals surface area contributed by atoms with Crippen molar-refractivity contribution in [3.05, 3.63) is 35.6 Å². The standard InChI is InChI=1S/C12H17FO/c1-12(2,3)11(8-14)9-5-4-6-10(13)7-9/h4-7,11,14H,8H2,1-3H3. The lowest BCUT2D eigenvalue weighted by atomic mass is 9.77. The third-order valence-electron chi connectivity index (χ3n) is 2.48. The van der Waals surface area contributed by atoms with Crippen LogP contribution in [0.2, 0.25) is 0 Å². The first-order chi connectivity index (χ1) is 6.45.